The molecule has 1 N–H and O–H groups in total. The highest BCUT2D eigenvalue weighted by Gasteiger charge is 2.39. The second-order valence-electron chi connectivity index (χ2n) is 6.78. The first-order valence-corrected chi connectivity index (χ1v) is 8.49. The van der Waals surface area contributed by atoms with Crippen LogP contribution in [0.15, 0.2) is 42.5 Å². The number of ether oxygens (including phenoxy) is 2. The second-order valence-corrected chi connectivity index (χ2v) is 6.78. The van der Waals surface area contributed by atoms with Crippen molar-refractivity contribution < 1.29 is 19.4 Å². The Hall–Kier alpha value is -1.91. The van der Waals surface area contributed by atoms with E-state index in [9.17, 15) is 9.90 Å². The average molecular weight is 328 g/mol. The number of carbonyl (C=O) groups excluding carboxylic acids is 1. The molecule has 3 rings (SSSR count). The summed E-state index contributed by atoms with van der Waals surface area (Å²) in [5.74, 6) is -0.0999. The SMILES string of the molecule is CC(C)[C@@H]1C[C@@H]([C@H](O)COCc2cccc3ccccc23)OC1=O. The molecule has 0 bridgehead atoms. The Morgan fingerprint density at radius 3 is 2.71 bits per heavy atom. The molecule has 0 aromatic heterocycles. The van der Waals surface area contributed by atoms with E-state index >= 15 is 0 Å². The molecule has 0 radical (unpaired) electrons. The summed E-state index contributed by atoms with van der Waals surface area (Å²) in [6, 6.07) is 14.2. The molecule has 0 aliphatic carbocycles. The topological polar surface area (TPSA) is 55.8 Å². The molecule has 4 heteroatoms. The van der Waals surface area contributed by atoms with E-state index in [1.54, 1.807) is 0 Å². The van der Waals surface area contributed by atoms with Crippen molar-refractivity contribution >= 4 is 16.7 Å². The number of hydrogen-bond acceptors (Lipinski definition) is 4. The summed E-state index contributed by atoms with van der Waals surface area (Å²) in [6.07, 6.45) is -0.681. The van der Waals surface area contributed by atoms with Crippen LogP contribution >= 0.6 is 0 Å². The van der Waals surface area contributed by atoms with Gasteiger partial charge in [0.25, 0.3) is 0 Å². The normalized spacial score (nSPS) is 22.1. The van der Waals surface area contributed by atoms with Crippen LogP contribution in [0.4, 0.5) is 0 Å². The Morgan fingerprint density at radius 1 is 1.21 bits per heavy atom. The highest BCUT2D eigenvalue weighted by Crippen LogP contribution is 2.29. The lowest BCUT2D eigenvalue weighted by molar-refractivity contribution is -0.150. The third kappa shape index (κ3) is 3.60. The monoisotopic (exact) mass is 328 g/mol. The van der Waals surface area contributed by atoms with Gasteiger partial charge in [0, 0.05) is 6.42 Å². The smallest absolute Gasteiger partial charge is 0.309 e. The number of rotatable bonds is 6. The lowest BCUT2D eigenvalue weighted by Gasteiger charge is -2.17. The quantitative estimate of drug-likeness (QED) is 0.827. The molecule has 0 saturated carbocycles. The van der Waals surface area contributed by atoms with Crippen molar-refractivity contribution in [2.45, 2.75) is 39.1 Å². The maximum atomic E-state index is 11.8. The molecule has 1 aliphatic rings. The van der Waals surface area contributed by atoms with Crippen molar-refractivity contribution in [1.29, 1.82) is 0 Å². The van der Waals surface area contributed by atoms with Crippen LogP contribution in [0.3, 0.4) is 0 Å². The minimum absolute atomic E-state index is 0.122. The molecule has 0 spiro atoms. The Labute approximate surface area is 142 Å². The number of fused-ring (bicyclic) bond motifs is 1. The van der Waals surface area contributed by atoms with Crippen molar-refractivity contribution in [3.8, 4) is 0 Å². The van der Waals surface area contributed by atoms with Crippen LogP contribution in [-0.2, 0) is 20.9 Å². The molecule has 1 fully saturated rings. The average Bonchev–Trinajstić information content (AvgIpc) is 2.97. The number of carbonyl (C=O) groups is 1. The molecule has 2 aromatic rings. The van der Waals surface area contributed by atoms with Crippen molar-refractivity contribution in [2.24, 2.45) is 11.8 Å². The maximum Gasteiger partial charge on any atom is 0.309 e. The predicted molar refractivity (Wildman–Crippen MR) is 92.4 cm³/mol. The third-order valence-electron chi connectivity index (χ3n) is 4.72. The van der Waals surface area contributed by atoms with E-state index in [-0.39, 0.29) is 24.4 Å². The summed E-state index contributed by atoms with van der Waals surface area (Å²) in [5, 5.41) is 12.6. The van der Waals surface area contributed by atoms with Crippen LogP contribution in [0.25, 0.3) is 10.8 Å². The predicted octanol–water partition coefficient (Wildman–Crippen LogP) is 3.31. The highest BCUT2D eigenvalue weighted by molar-refractivity contribution is 5.85. The lowest BCUT2D eigenvalue weighted by Crippen LogP contribution is -2.30. The standard InChI is InChI=1S/C20H24O4/c1-13(2)17-10-19(24-20(17)22)18(21)12-23-11-15-8-5-7-14-6-3-4-9-16(14)15/h3-9,13,17-19,21H,10-12H2,1-2H3/t17-,18+,19-/m0/s1. The van der Waals surface area contributed by atoms with Crippen molar-refractivity contribution in [3.63, 3.8) is 0 Å². The maximum absolute atomic E-state index is 11.8. The fourth-order valence-electron chi connectivity index (χ4n) is 3.23. The number of cyclic esters (lactones) is 1. The Morgan fingerprint density at radius 2 is 1.96 bits per heavy atom. The van der Waals surface area contributed by atoms with Crippen LogP contribution < -0.4 is 0 Å². The summed E-state index contributed by atoms with van der Waals surface area (Å²) in [5.41, 5.74) is 1.09. The van der Waals surface area contributed by atoms with Gasteiger partial charge in [0.05, 0.1) is 19.1 Å². The van der Waals surface area contributed by atoms with E-state index in [4.69, 9.17) is 9.47 Å². The fraction of sp³-hybridized carbons (Fsp3) is 0.450. The van der Waals surface area contributed by atoms with Gasteiger partial charge >= 0.3 is 5.97 Å². The molecule has 3 atom stereocenters. The first-order valence-electron chi connectivity index (χ1n) is 8.49. The molecule has 1 heterocycles. The minimum Gasteiger partial charge on any atom is -0.459 e. The molecule has 128 valence electrons. The number of esters is 1. The Kier molecular flexibility index (Phi) is 5.17. The lowest BCUT2D eigenvalue weighted by atomic mass is 9.91. The zero-order chi connectivity index (χ0) is 17.1. The van der Waals surface area contributed by atoms with E-state index in [0.29, 0.717) is 13.0 Å². The van der Waals surface area contributed by atoms with Gasteiger partial charge in [0.15, 0.2) is 0 Å². The van der Waals surface area contributed by atoms with Gasteiger partial charge < -0.3 is 14.6 Å². The fourth-order valence-corrected chi connectivity index (χ4v) is 3.23. The van der Waals surface area contributed by atoms with Crippen molar-refractivity contribution in [3.05, 3.63) is 48.0 Å². The van der Waals surface area contributed by atoms with Gasteiger partial charge in [-0.2, -0.15) is 0 Å². The molecule has 0 unspecified atom stereocenters. The Bertz CT molecular complexity index is 704. The highest BCUT2D eigenvalue weighted by atomic mass is 16.6. The first-order chi connectivity index (χ1) is 11.6. The zero-order valence-electron chi connectivity index (χ0n) is 14.1. The van der Waals surface area contributed by atoms with Gasteiger partial charge in [-0.05, 0) is 22.3 Å². The van der Waals surface area contributed by atoms with E-state index in [1.807, 2.05) is 38.1 Å². The largest absolute Gasteiger partial charge is 0.459 e. The number of benzene rings is 2. The van der Waals surface area contributed by atoms with Crippen LogP contribution in [0, 0.1) is 11.8 Å². The van der Waals surface area contributed by atoms with E-state index < -0.39 is 12.2 Å². The van der Waals surface area contributed by atoms with E-state index in [2.05, 4.69) is 18.2 Å². The van der Waals surface area contributed by atoms with Gasteiger partial charge in [-0.15, -0.1) is 0 Å². The summed E-state index contributed by atoms with van der Waals surface area (Å²) in [6.45, 7) is 4.58. The Balaban J connectivity index is 1.55. The van der Waals surface area contributed by atoms with Crippen molar-refractivity contribution in [1.82, 2.24) is 0 Å². The second kappa shape index (κ2) is 7.32. The van der Waals surface area contributed by atoms with Crippen molar-refractivity contribution in [2.75, 3.05) is 6.61 Å². The number of aliphatic hydroxyl groups excluding tert-OH is 1. The molecule has 1 aliphatic heterocycles. The number of hydrogen-bond donors (Lipinski definition) is 1. The van der Waals surface area contributed by atoms with E-state index in [0.717, 1.165) is 10.9 Å². The molecular weight excluding hydrogens is 304 g/mol. The molecule has 0 amide bonds. The molecular formula is C20H24O4. The molecule has 1 saturated heterocycles. The van der Waals surface area contributed by atoms with E-state index in [1.165, 1.54) is 5.39 Å². The van der Waals surface area contributed by atoms with Gasteiger partial charge in [-0.1, -0.05) is 56.3 Å². The molecule has 24 heavy (non-hydrogen) atoms. The summed E-state index contributed by atoms with van der Waals surface area (Å²) in [7, 11) is 0. The summed E-state index contributed by atoms with van der Waals surface area (Å²) in [4.78, 5) is 11.8. The molecule has 2 aromatic carbocycles. The minimum atomic E-state index is -0.785. The van der Waals surface area contributed by atoms with Gasteiger partial charge in [0.1, 0.15) is 12.2 Å². The van der Waals surface area contributed by atoms with Gasteiger partial charge in [0.2, 0.25) is 0 Å². The first kappa shape index (κ1) is 16.9. The van der Waals surface area contributed by atoms with Crippen LogP contribution in [0.1, 0.15) is 25.8 Å². The zero-order valence-corrected chi connectivity index (χ0v) is 14.1. The summed E-state index contributed by atoms with van der Waals surface area (Å²) >= 11 is 0. The third-order valence-corrected chi connectivity index (χ3v) is 4.72. The summed E-state index contributed by atoms with van der Waals surface area (Å²) < 4.78 is 11.0. The van der Waals surface area contributed by atoms with Crippen LogP contribution in [0.2, 0.25) is 0 Å². The van der Waals surface area contributed by atoms with Crippen LogP contribution in [-0.4, -0.2) is 29.9 Å². The number of aliphatic hydroxyl groups is 1. The van der Waals surface area contributed by atoms with Crippen LogP contribution in [0.5, 0.6) is 0 Å². The van der Waals surface area contributed by atoms with Gasteiger partial charge in [-0.25, -0.2) is 0 Å². The molecule has 4 nitrogen and oxygen atoms in total. The van der Waals surface area contributed by atoms with Gasteiger partial charge in [-0.3, -0.25) is 4.79 Å².